The SMILES string of the molecule is COc1ccc(C(=O)[C@@H](C)OC(=O)CNS(=O)(=O)c2ccccc2)cc1. The van der Waals surface area contributed by atoms with Crippen LogP contribution in [0.3, 0.4) is 0 Å². The summed E-state index contributed by atoms with van der Waals surface area (Å²) < 4.78 is 36.2. The Hall–Kier alpha value is -2.71. The minimum atomic E-state index is -3.82. The Labute approximate surface area is 152 Å². The summed E-state index contributed by atoms with van der Waals surface area (Å²) in [6.07, 6.45) is -1.04. The summed E-state index contributed by atoms with van der Waals surface area (Å²) in [4.78, 5) is 24.1. The number of nitrogens with one attached hydrogen (secondary N) is 1. The Morgan fingerprint density at radius 3 is 2.23 bits per heavy atom. The third-order valence-corrected chi connectivity index (χ3v) is 4.93. The minimum absolute atomic E-state index is 0.0372. The highest BCUT2D eigenvalue weighted by Gasteiger charge is 2.21. The lowest BCUT2D eigenvalue weighted by atomic mass is 10.1. The van der Waals surface area contributed by atoms with E-state index in [-0.39, 0.29) is 4.90 Å². The molecule has 2 aromatic carbocycles. The van der Waals surface area contributed by atoms with E-state index in [0.717, 1.165) is 0 Å². The van der Waals surface area contributed by atoms with Crippen molar-refractivity contribution in [2.45, 2.75) is 17.9 Å². The molecule has 0 aliphatic carbocycles. The van der Waals surface area contributed by atoms with Crippen molar-refractivity contribution in [3.63, 3.8) is 0 Å². The zero-order chi connectivity index (χ0) is 19.2. The average Bonchev–Trinajstić information content (AvgIpc) is 2.66. The number of carbonyl (C=O) groups excluding carboxylic acids is 2. The van der Waals surface area contributed by atoms with E-state index in [1.54, 1.807) is 42.5 Å². The van der Waals surface area contributed by atoms with Crippen molar-refractivity contribution >= 4 is 21.8 Å². The van der Waals surface area contributed by atoms with Crippen molar-refractivity contribution in [1.29, 1.82) is 0 Å². The maximum atomic E-state index is 12.2. The summed E-state index contributed by atoms with van der Waals surface area (Å²) in [7, 11) is -2.31. The van der Waals surface area contributed by atoms with E-state index in [0.29, 0.717) is 11.3 Å². The van der Waals surface area contributed by atoms with E-state index < -0.39 is 34.4 Å². The molecule has 0 saturated heterocycles. The Morgan fingerprint density at radius 1 is 1.04 bits per heavy atom. The highest BCUT2D eigenvalue weighted by Crippen LogP contribution is 2.14. The first-order valence-electron chi connectivity index (χ1n) is 7.76. The molecule has 8 heteroatoms. The molecule has 1 atom stereocenters. The molecular formula is C18H19NO6S. The van der Waals surface area contributed by atoms with Gasteiger partial charge in [-0.05, 0) is 43.3 Å². The number of sulfonamides is 1. The van der Waals surface area contributed by atoms with E-state index in [4.69, 9.17) is 9.47 Å². The summed E-state index contributed by atoms with van der Waals surface area (Å²) in [6.45, 7) is 0.855. The summed E-state index contributed by atoms with van der Waals surface area (Å²) in [6, 6.07) is 14.0. The van der Waals surface area contributed by atoms with Crippen LogP contribution in [0, 0.1) is 0 Å². The standard InChI is InChI=1S/C18H19NO6S/c1-13(18(21)14-8-10-15(24-2)11-9-14)25-17(20)12-19-26(22,23)16-6-4-3-5-7-16/h3-11,13,19H,12H2,1-2H3/t13-/m1/s1. The lowest BCUT2D eigenvalue weighted by molar-refractivity contribution is -0.144. The number of ether oxygens (including phenoxy) is 2. The number of esters is 1. The molecule has 2 rings (SSSR count). The fourth-order valence-corrected chi connectivity index (χ4v) is 3.11. The number of ketones is 1. The molecule has 0 aromatic heterocycles. The molecule has 0 heterocycles. The molecule has 0 aliphatic rings. The first-order chi connectivity index (χ1) is 12.3. The molecule has 0 spiro atoms. The van der Waals surface area contributed by atoms with Crippen LogP contribution in [0.25, 0.3) is 0 Å². The number of Topliss-reactive ketones (excluding diaryl/α,β-unsaturated/α-hetero) is 1. The van der Waals surface area contributed by atoms with E-state index >= 15 is 0 Å². The Morgan fingerprint density at radius 2 is 1.65 bits per heavy atom. The zero-order valence-electron chi connectivity index (χ0n) is 14.3. The lowest BCUT2D eigenvalue weighted by Gasteiger charge is -2.13. The molecule has 26 heavy (non-hydrogen) atoms. The topological polar surface area (TPSA) is 98.8 Å². The molecule has 0 unspecified atom stereocenters. The van der Waals surface area contributed by atoms with Gasteiger partial charge in [0.25, 0.3) is 0 Å². The van der Waals surface area contributed by atoms with E-state index in [9.17, 15) is 18.0 Å². The van der Waals surface area contributed by atoms with Gasteiger partial charge in [-0.25, -0.2) is 8.42 Å². The third kappa shape index (κ3) is 5.14. The van der Waals surface area contributed by atoms with Crippen LogP contribution in [-0.2, 0) is 19.6 Å². The van der Waals surface area contributed by atoms with Crippen molar-refractivity contribution in [3.8, 4) is 5.75 Å². The van der Waals surface area contributed by atoms with Crippen molar-refractivity contribution in [2.24, 2.45) is 0 Å². The molecule has 0 fully saturated rings. The van der Waals surface area contributed by atoms with Crippen molar-refractivity contribution < 1.29 is 27.5 Å². The minimum Gasteiger partial charge on any atom is -0.497 e. The van der Waals surface area contributed by atoms with Gasteiger partial charge in [0.2, 0.25) is 15.8 Å². The molecule has 7 nitrogen and oxygen atoms in total. The molecule has 0 saturated carbocycles. The maximum Gasteiger partial charge on any atom is 0.321 e. The zero-order valence-corrected chi connectivity index (χ0v) is 15.2. The monoisotopic (exact) mass is 377 g/mol. The highest BCUT2D eigenvalue weighted by molar-refractivity contribution is 7.89. The Balaban J connectivity index is 1.91. The van der Waals surface area contributed by atoms with Gasteiger partial charge in [0.1, 0.15) is 12.3 Å². The predicted molar refractivity (Wildman–Crippen MR) is 94.5 cm³/mol. The Bertz CT molecular complexity index is 862. The number of carbonyl (C=O) groups is 2. The van der Waals surface area contributed by atoms with Crippen molar-refractivity contribution in [2.75, 3.05) is 13.7 Å². The predicted octanol–water partition coefficient (Wildman–Crippen LogP) is 1.79. The summed E-state index contributed by atoms with van der Waals surface area (Å²) in [5.41, 5.74) is 0.357. The average molecular weight is 377 g/mol. The van der Waals surface area contributed by atoms with E-state index in [1.807, 2.05) is 0 Å². The number of benzene rings is 2. The Kier molecular flexibility index (Phi) is 6.48. The third-order valence-electron chi connectivity index (χ3n) is 3.51. The number of rotatable bonds is 8. The van der Waals surface area contributed by atoms with Gasteiger partial charge in [0, 0.05) is 5.56 Å². The summed E-state index contributed by atoms with van der Waals surface area (Å²) in [5.74, 6) is -0.646. The molecule has 1 N–H and O–H groups in total. The quantitative estimate of drug-likeness (QED) is 0.556. The summed E-state index contributed by atoms with van der Waals surface area (Å²) >= 11 is 0. The number of hydrogen-bond acceptors (Lipinski definition) is 6. The van der Waals surface area contributed by atoms with Crippen LogP contribution < -0.4 is 9.46 Å². The van der Waals surface area contributed by atoms with Crippen molar-refractivity contribution in [1.82, 2.24) is 4.72 Å². The van der Waals surface area contributed by atoms with Gasteiger partial charge in [-0.2, -0.15) is 4.72 Å². The molecular weight excluding hydrogens is 358 g/mol. The lowest BCUT2D eigenvalue weighted by Crippen LogP contribution is -2.34. The van der Waals surface area contributed by atoms with Crippen LogP contribution >= 0.6 is 0 Å². The maximum absolute atomic E-state index is 12.2. The molecule has 0 radical (unpaired) electrons. The molecule has 138 valence electrons. The first-order valence-corrected chi connectivity index (χ1v) is 9.24. The van der Waals surface area contributed by atoms with Crippen LogP contribution in [0.15, 0.2) is 59.5 Å². The van der Waals surface area contributed by atoms with Crippen LogP contribution in [-0.4, -0.2) is 39.9 Å². The largest absolute Gasteiger partial charge is 0.497 e. The van der Waals surface area contributed by atoms with Gasteiger partial charge < -0.3 is 9.47 Å². The van der Waals surface area contributed by atoms with Gasteiger partial charge in [-0.3, -0.25) is 9.59 Å². The smallest absolute Gasteiger partial charge is 0.321 e. The number of methoxy groups -OCH3 is 1. The van der Waals surface area contributed by atoms with Crippen LogP contribution in [0.4, 0.5) is 0 Å². The van der Waals surface area contributed by atoms with Crippen molar-refractivity contribution in [3.05, 3.63) is 60.2 Å². The fraction of sp³-hybridized carbons (Fsp3) is 0.222. The van der Waals surface area contributed by atoms with Gasteiger partial charge >= 0.3 is 5.97 Å². The van der Waals surface area contributed by atoms with Crippen LogP contribution in [0.2, 0.25) is 0 Å². The van der Waals surface area contributed by atoms with Gasteiger partial charge in [-0.1, -0.05) is 18.2 Å². The molecule has 0 aliphatic heterocycles. The second-order valence-electron chi connectivity index (χ2n) is 5.36. The number of hydrogen-bond donors (Lipinski definition) is 1. The van der Waals surface area contributed by atoms with Gasteiger partial charge in [-0.15, -0.1) is 0 Å². The van der Waals surface area contributed by atoms with Crippen LogP contribution in [0.1, 0.15) is 17.3 Å². The van der Waals surface area contributed by atoms with E-state index in [1.165, 1.54) is 26.2 Å². The van der Waals surface area contributed by atoms with Crippen LogP contribution in [0.5, 0.6) is 5.75 Å². The van der Waals surface area contributed by atoms with Gasteiger partial charge in [0.15, 0.2) is 6.10 Å². The normalized spacial score (nSPS) is 12.2. The molecule has 0 amide bonds. The highest BCUT2D eigenvalue weighted by atomic mass is 32.2. The second kappa shape index (κ2) is 8.59. The van der Waals surface area contributed by atoms with E-state index in [2.05, 4.69) is 4.72 Å². The first kappa shape index (κ1) is 19.6. The molecule has 2 aromatic rings. The molecule has 0 bridgehead atoms. The summed E-state index contributed by atoms with van der Waals surface area (Å²) in [5, 5.41) is 0. The second-order valence-corrected chi connectivity index (χ2v) is 7.13. The van der Waals surface area contributed by atoms with Gasteiger partial charge in [0.05, 0.1) is 12.0 Å². The fourth-order valence-electron chi connectivity index (χ4n) is 2.12.